The van der Waals surface area contributed by atoms with Crippen molar-refractivity contribution in [1.82, 2.24) is 5.32 Å². The van der Waals surface area contributed by atoms with E-state index in [1.165, 1.54) is 0 Å². The predicted molar refractivity (Wildman–Crippen MR) is 69.4 cm³/mol. The maximum absolute atomic E-state index is 11.2. The molecule has 1 heterocycles. The van der Waals surface area contributed by atoms with Crippen molar-refractivity contribution >= 4 is 11.9 Å². The zero-order chi connectivity index (χ0) is 17.1. The number of aliphatic carboxylic acids is 1. The van der Waals surface area contributed by atoms with Gasteiger partial charge in [-0.1, -0.05) is 0 Å². The molecule has 0 aliphatic carbocycles. The van der Waals surface area contributed by atoms with Crippen molar-refractivity contribution in [1.29, 1.82) is 0 Å². The number of carbonyl (C=O) groups is 2. The Bertz CT molecular complexity index is 417. The maximum Gasteiger partial charge on any atom is 0.364 e. The van der Waals surface area contributed by atoms with Gasteiger partial charge in [-0.3, -0.25) is 4.79 Å². The van der Waals surface area contributed by atoms with Gasteiger partial charge in [-0.25, -0.2) is 4.79 Å². The summed E-state index contributed by atoms with van der Waals surface area (Å²) < 4.78 is 4.96. The summed E-state index contributed by atoms with van der Waals surface area (Å²) in [6, 6.07) is -1.18. The van der Waals surface area contributed by atoms with Crippen molar-refractivity contribution in [3.63, 3.8) is 0 Å². The minimum Gasteiger partial charge on any atom is -0.477 e. The van der Waals surface area contributed by atoms with E-state index in [-0.39, 0.29) is 0 Å². The van der Waals surface area contributed by atoms with Crippen molar-refractivity contribution in [2.24, 2.45) is 0 Å². The monoisotopic (exact) mass is 323 g/mol. The molecule has 1 amide bonds. The SMILES string of the molecule is CC(=O)N[C@@H]1[C@@H](O)C[C@](O)(C(=O)O)O[C@H]1C(O)CC(O)CO. The molecule has 1 rings (SSSR count). The molecule has 0 spiro atoms. The van der Waals surface area contributed by atoms with E-state index < -0.39 is 67.6 Å². The van der Waals surface area contributed by atoms with Crippen LogP contribution in [0.3, 0.4) is 0 Å². The fourth-order valence-corrected chi connectivity index (χ4v) is 2.33. The summed E-state index contributed by atoms with van der Waals surface area (Å²) in [5.41, 5.74) is 0. The van der Waals surface area contributed by atoms with Crippen LogP contribution in [0.1, 0.15) is 19.8 Å². The molecule has 0 bridgehead atoms. The van der Waals surface area contributed by atoms with Crippen LogP contribution in [0.5, 0.6) is 0 Å². The first kappa shape index (κ1) is 18.7. The van der Waals surface area contributed by atoms with Gasteiger partial charge in [0.25, 0.3) is 5.79 Å². The molecule has 0 aromatic rings. The largest absolute Gasteiger partial charge is 0.477 e. The second-order valence-corrected chi connectivity index (χ2v) is 5.31. The first-order valence-corrected chi connectivity index (χ1v) is 6.66. The molecule has 22 heavy (non-hydrogen) atoms. The quantitative estimate of drug-likeness (QED) is 0.261. The molecule has 0 aromatic carbocycles. The topological polar surface area (TPSA) is 177 Å². The van der Waals surface area contributed by atoms with Gasteiger partial charge in [-0.2, -0.15) is 0 Å². The van der Waals surface area contributed by atoms with Crippen LogP contribution in [-0.2, 0) is 14.3 Å². The lowest BCUT2D eigenvalue weighted by Gasteiger charge is -2.44. The van der Waals surface area contributed by atoms with Crippen LogP contribution in [0.15, 0.2) is 0 Å². The lowest BCUT2D eigenvalue weighted by atomic mass is 9.88. The van der Waals surface area contributed by atoms with Gasteiger partial charge in [0.1, 0.15) is 6.10 Å². The van der Waals surface area contributed by atoms with E-state index in [9.17, 15) is 30.0 Å². The minimum absolute atomic E-state index is 0.403. The number of aliphatic hydroxyl groups excluding tert-OH is 4. The number of rotatable bonds is 6. The molecule has 7 N–H and O–H groups in total. The fraction of sp³-hybridized carbons (Fsp3) is 0.833. The lowest BCUT2D eigenvalue weighted by molar-refractivity contribution is -0.290. The highest BCUT2D eigenvalue weighted by atomic mass is 16.7. The molecule has 1 saturated heterocycles. The van der Waals surface area contributed by atoms with Gasteiger partial charge in [0.15, 0.2) is 0 Å². The first-order valence-electron chi connectivity index (χ1n) is 6.66. The Hall–Kier alpha value is -1.30. The second kappa shape index (κ2) is 7.31. The van der Waals surface area contributed by atoms with Gasteiger partial charge in [0.2, 0.25) is 5.91 Å². The summed E-state index contributed by atoms with van der Waals surface area (Å²) in [5.74, 6) is -5.05. The van der Waals surface area contributed by atoms with E-state index in [1.807, 2.05) is 0 Å². The number of amides is 1. The van der Waals surface area contributed by atoms with Gasteiger partial charge in [-0.15, -0.1) is 0 Å². The molecule has 1 aliphatic heterocycles. The summed E-state index contributed by atoms with van der Waals surface area (Å²) >= 11 is 0. The molecule has 128 valence electrons. The maximum atomic E-state index is 11.2. The average molecular weight is 323 g/mol. The first-order chi connectivity index (χ1) is 10.1. The van der Waals surface area contributed by atoms with E-state index in [1.54, 1.807) is 0 Å². The van der Waals surface area contributed by atoms with E-state index in [4.69, 9.17) is 14.9 Å². The number of ether oxygens (including phenoxy) is 1. The molecule has 1 fully saturated rings. The molecule has 0 aromatic heterocycles. The number of aliphatic hydroxyl groups is 5. The predicted octanol–water partition coefficient (Wildman–Crippen LogP) is -3.48. The highest BCUT2D eigenvalue weighted by molar-refractivity contribution is 5.76. The van der Waals surface area contributed by atoms with Crippen molar-refractivity contribution < 1.29 is 45.0 Å². The van der Waals surface area contributed by atoms with Gasteiger partial charge < -0.3 is 40.7 Å². The normalized spacial score (nSPS) is 34.7. The van der Waals surface area contributed by atoms with Crippen LogP contribution in [0, 0.1) is 0 Å². The van der Waals surface area contributed by atoms with Crippen LogP contribution in [0.25, 0.3) is 0 Å². The lowest BCUT2D eigenvalue weighted by Crippen LogP contribution is -2.66. The minimum atomic E-state index is -2.73. The molecule has 10 nitrogen and oxygen atoms in total. The molecule has 1 aliphatic rings. The molecular weight excluding hydrogens is 302 g/mol. The second-order valence-electron chi connectivity index (χ2n) is 5.31. The Morgan fingerprint density at radius 2 is 2.00 bits per heavy atom. The molecular formula is C12H21NO9. The number of carboxylic acid groups (broad SMARTS) is 1. The van der Waals surface area contributed by atoms with Crippen LogP contribution in [0.2, 0.25) is 0 Å². The Kier molecular flexibility index (Phi) is 6.23. The molecule has 0 radical (unpaired) electrons. The van der Waals surface area contributed by atoms with Crippen molar-refractivity contribution in [2.45, 2.75) is 56.0 Å². The summed E-state index contributed by atoms with van der Waals surface area (Å²) in [6.45, 7) is 0.497. The third kappa shape index (κ3) is 4.35. The van der Waals surface area contributed by atoms with Crippen LogP contribution in [-0.4, -0.2) is 85.4 Å². The smallest absolute Gasteiger partial charge is 0.364 e. The van der Waals surface area contributed by atoms with E-state index in [0.717, 1.165) is 6.92 Å². The van der Waals surface area contributed by atoms with Crippen LogP contribution >= 0.6 is 0 Å². The average Bonchev–Trinajstić information content (AvgIpc) is 2.40. The molecule has 0 saturated carbocycles. The molecule has 10 heteroatoms. The fourth-order valence-electron chi connectivity index (χ4n) is 2.33. The molecule has 6 atom stereocenters. The Morgan fingerprint density at radius 3 is 2.45 bits per heavy atom. The Balaban J connectivity index is 3.00. The van der Waals surface area contributed by atoms with Gasteiger partial charge >= 0.3 is 5.97 Å². The Labute approximate surface area is 125 Å². The molecule has 2 unspecified atom stereocenters. The van der Waals surface area contributed by atoms with Gasteiger partial charge in [-0.05, 0) is 0 Å². The summed E-state index contributed by atoms with van der Waals surface area (Å²) in [5, 5.41) is 59.2. The zero-order valence-electron chi connectivity index (χ0n) is 11.9. The number of nitrogens with one attached hydrogen (secondary N) is 1. The van der Waals surface area contributed by atoms with E-state index >= 15 is 0 Å². The number of hydrogen-bond donors (Lipinski definition) is 7. The van der Waals surface area contributed by atoms with Crippen molar-refractivity contribution in [2.75, 3.05) is 6.61 Å². The third-order valence-electron chi connectivity index (χ3n) is 3.39. The zero-order valence-corrected chi connectivity index (χ0v) is 11.9. The number of carbonyl (C=O) groups excluding carboxylic acids is 1. The number of carboxylic acids is 1. The highest BCUT2D eigenvalue weighted by Crippen LogP contribution is 2.30. The van der Waals surface area contributed by atoms with Gasteiger partial charge in [0, 0.05) is 19.8 Å². The van der Waals surface area contributed by atoms with E-state index in [0.29, 0.717) is 0 Å². The summed E-state index contributed by atoms with van der Waals surface area (Å²) in [7, 11) is 0. The Morgan fingerprint density at radius 1 is 1.41 bits per heavy atom. The van der Waals surface area contributed by atoms with Gasteiger partial charge in [0.05, 0.1) is 31.0 Å². The highest BCUT2D eigenvalue weighted by Gasteiger charge is 2.53. The van der Waals surface area contributed by atoms with Crippen molar-refractivity contribution in [3.05, 3.63) is 0 Å². The van der Waals surface area contributed by atoms with Crippen molar-refractivity contribution in [3.8, 4) is 0 Å². The summed E-state index contributed by atoms with van der Waals surface area (Å²) in [6.07, 6.45) is -6.95. The number of hydrogen-bond acceptors (Lipinski definition) is 8. The standard InChI is InChI=1S/C12H21NO9/c1-5(15)13-9-8(18)3-12(21,11(19)20)22-10(9)7(17)2-6(16)4-14/h6-10,14,16-18,21H,2-4H2,1H3,(H,13,15)(H,19,20)/t6?,7?,8-,9+,10-,12+/m0/s1. The van der Waals surface area contributed by atoms with E-state index in [2.05, 4.69) is 5.32 Å². The van der Waals surface area contributed by atoms with Crippen LogP contribution in [0.4, 0.5) is 0 Å². The third-order valence-corrected chi connectivity index (χ3v) is 3.39. The summed E-state index contributed by atoms with van der Waals surface area (Å²) in [4.78, 5) is 22.2. The van der Waals surface area contributed by atoms with Crippen LogP contribution < -0.4 is 5.32 Å².